The molecule has 6 heteroatoms. The molecule has 0 aliphatic carbocycles. The Morgan fingerprint density at radius 1 is 1.08 bits per heavy atom. The molecule has 0 bridgehead atoms. The average molecular weight is 340 g/mol. The third-order valence-corrected chi connectivity index (χ3v) is 4.31. The topological polar surface area (TPSA) is 71.5 Å². The van der Waals surface area contributed by atoms with Crippen molar-refractivity contribution in [2.45, 2.75) is 12.8 Å². The predicted octanol–water partition coefficient (Wildman–Crippen LogP) is 4.04. The summed E-state index contributed by atoms with van der Waals surface area (Å²) in [4.78, 5) is 15.6. The van der Waals surface area contributed by atoms with E-state index in [0.29, 0.717) is 6.42 Å². The Morgan fingerprint density at radius 3 is 2.50 bits per heavy atom. The molecule has 24 heavy (non-hydrogen) atoms. The van der Waals surface area contributed by atoms with Crippen molar-refractivity contribution in [3.63, 3.8) is 0 Å². The van der Waals surface area contributed by atoms with Crippen molar-refractivity contribution in [2.24, 2.45) is 0 Å². The van der Waals surface area contributed by atoms with Crippen LogP contribution < -0.4 is 10.2 Å². The summed E-state index contributed by atoms with van der Waals surface area (Å²) in [5.41, 5.74) is 3.46. The van der Waals surface area contributed by atoms with Gasteiger partial charge < -0.3 is 4.74 Å². The van der Waals surface area contributed by atoms with E-state index in [2.05, 4.69) is 4.98 Å². The number of nitrogens with one attached hydrogen (secondary N) is 1. The van der Waals surface area contributed by atoms with Crippen LogP contribution in [0.15, 0.2) is 60.0 Å². The van der Waals surface area contributed by atoms with Crippen LogP contribution in [-0.4, -0.2) is 16.1 Å². The fourth-order valence-electron chi connectivity index (χ4n) is 2.14. The normalized spacial score (nSPS) is 10.4. The summed E-state index contributed by atoms with van der Waals surface area (Å²) in [6.45, 7) is 0. The number of para-hydroxylation sites is 1. The first-order chi connectivity index (χ1) is 11.7. The van der Waals surface area contributed by atoms with Crippen LogP contribution in [0, 0.1) is 0 Å². The van der Waals surface area contributed by atoms with Gasteiger partial charge in [-0.15, -0.1) is 11.3 Å². The molecule has 122 valence electrons. The lowest BCUT2D eigenvalue weighted by Crippen LogP contribution is -2.18. The van der Waals surface area contributed by atoms with Gasteiger partial charge in [-0.3, -0.25) is 10.0 Å². The fraction of sp³-hybridized carbons (Fsp3) is 0.111. The predicted molar refractivity (Wildman–Crippen MR) is 92.3 cm³/mol. The van der Waals surface area contributed by atoms with E-state index in [4.69, 9.17) is 9.94 Å². The van der Waals surface area contributed by atoms with Crippen LogP contribution in [0.25, 0.3) is 10.6 Å². The molecular formula is C18H16N2O3S. The Bertz CT molecular complexity index is 801. The lowest BCUT2D eigenvalue weighted by Gasteiger charge is -2.05. The Hall–Kier alpha value is -2.70. The highest BCUT2D eigenvalue weighted by Crippen LogP contribution is 2.28. The number of hydrogen-bond donors (Lipinski definition) is 2. The van der Waals surface area contributed by atoms with Gasteiger partial charge in [0.25, 0.3) is 0 Å². The van der Waals surface area contributed by atoms with Gasteiger partial charge in [0.15, 0.2) is 0 Å². The van der Waals surface area contributed by atoms with E-state index in [1.807, 2.05) is 60.0 Å². The molecule has 0 saturated heterocycles. The minimum absolute atomic E-state index is 0.212. The molecular weight excluding hydrogens is 324 g/mol. The zero-order chi connectivity index (χ0) is 16.8. The van der Waals surface area contributed by atoms with Crippen LogP contribution in [-0.2, 0) is 11.2 Å². The zero-order valence-corrected chi connectivity index (χ0v) is 13.6. The third kappa shape index (κ3) is 4.18. The summed E-state index contributed by atoms with van der Waals surface area (Å²) in [6, 6.07) is 17.3. The molecule has 0 radical (unpaired) electrons. The molecule has 0 fully saturated rings. The number of aromatic nitrogens is 1. The maximum Gasteiger partial charge on any atom is 0.243 e. The zero-order valence-electron chi connectivity index (χ0n) is 12.8. The maximum absolute atomic E-state index is 11.1. The number of carbonyl (C=O) groups excluding carboxylic acids is 1. The highest BCUT2D eigenvalue weighted by atomic mass is 32.1. The molecule has 0 spiro atoms. The summed E-state index contributed by atoms with van der Waals surface area (Å²) >= 11 is 1.53. The van der Waals surface area contributed by atoms with E-state index >= 15 is 0 Å². The number of hydroxylamine groups is 1. The summed E-state index contributed by atoms with van der Waals surface area (Å²) in [5.74, 6) is 1.15. The molecule has 0 atom stereocenters. The molecule has 5 nitrogen and oxygen atoms in total. The third-order valence-electron chi connectivity index (χ3n) is 3.36. The van der Waals surface area contributed by atoms with Gasteiger partial charge in [0, 0.05) is 17.4 Å². The molecule has 1 amide bonds. The Labute approximate surface area is 143 Å². The highest BCUT2D eigenvalue weighted by Gasteiger charge is 2.07. The number of hydrogen-bond acceptors (Lipinski definition) is 5. The molecule has 2 N–H and O–H groups in total. The Morgan fingerprint density at radius 2 is 1.79 bits per heavy atom. The number of aryl methyl sites for hydroxylation is 1. The van der Waals surface area contributed by atoms with Crippen LogP contribution in [0.1, 0.15) is 12.1 Å². The van der Waals surface area contributed by atoms with Gasteiger partial charge >= 0.3 is 0 Å². The van der Waals surface area contributed by atoms with Crippen LogP contribution in [0.2, 0.25) is 0 Å². The molecule has 0 aliphatic heterocycles. The van der Waals surface area contributed by atoms with E-state index in [9.17, 15) is 4.79 Å². The first kappa shape index (κ1) is 16.2. The van der Waals surface area contributed by atoms with Crippen molar-refractivity contribution in [3.05, 3.63) is 65.7 Å². The lowest BCUT2D eigenvalue weighted by molar-refractivity contribution is -0.129. The van der Waals surface area contributed by atoms with Crippen LogP contribution in [0.5, 0.6) is 11.5 Å². The van der Waals surface area contributed by atoms with Gasteiger partial charge in [-0.2, -0.15) is 0 Å². The molecule has 3 rings (SSSR count). The lowest BCUT2D eigenvalue weighted by atomic mass is 10.2. The summed E-state index contributed by atoms with van der Waals surface area (Å²) in [7, 11) is 0. The molecule has 3 aromatic rings. The van der Waals surface area contributed by atoms with Crippen LogP contribution >= 0.6 is 11.3 Å². The van der Waals surface area contributed by atoms with Crippen molar-refractivity contribution in [3.8, 4) is 22.1 Å². The molecule has 1 heterocycles. The van der Waals surface area contributed by atoms with Gasteiger partial charge in [0.1, 0.15) is 16.5 Å². The summed E-state index contributed by atoms with van der Waals surface area (Å²) in [6.07, 6.45) is 0.710. The Balaban J connectivity index is 1.65. The maximum atomic E-state index is 11.1. The van der Waals surface area contributed by atoms with Crippen molar-refractivity contribution >= 4 is 17.2 Å². The summed E-state index contributed by atoms with van der Waals surface area (Å²) < 4.78 is 5.77. The van der Waals surface area contributed by atoms with Gasteiger partial charge in [-0.25, -0.2) is 10.5 Å². The highest BCUT2D eigenvalue weighted by molar-refractivity contribution is 7.13. The number of benzene rings is 2. The minimum atomic E-state index is -0.410. The Kier molecular flexibility index (Phi) is 5.20. The number of rotatable bonds is 6. The molecule has 0 aliphatic rings. The van der Waals surface area contributed by atoms with Gasteiger partial charge in [0.2, 0.25) is 5.91 Å². The molecule has 1 aromatic heterocycles. The SMILES string of the molecule is O=C(CCc1csc(-c2ccc(Oc3ccccc3)cc2)n1)NO. The van der Waals surface area contributed by atoms with Crippen molar-refractivity contribution in [1.82, 2.24) is 10.5 Å². The van der Waals surface area contributed by atoms with E-state index < -0.39 is 5.91 Å². The van der Waals surface area contributed by atoms with E-state index in [1.165, 1.54) is 11.3 Å². The van der Waals surface area contributed by atoms with E-state index in [1.54, 1.807) is 5.48 Å². The fourth-order valence-corrected chi connectivity index (χ4v) is 3.00. The molecule has 0 unspecified atom stereocenters. The van der Waals surface area contributed by atoms with Gasteiger partial charge in [-0.1, -0.05) is 18.2 Å². The number of nitrogens with zero attached hydrogens (tertiary/aromatic N) is 1. The summed E-state index contributed by atoms with van der Waals surface area (Å²) in [5, 5.41) is 11.3. The first-order valence-corrected chi connectivity index (χ1v) is 8.33. The monoisotopic (exact) mass is 340 g/mol. The van der Waals surface area contributed by atoms with E-state index in [-0.39, 0.29) is 6.42 Å². The molecule has 0 saturated carbocycles. The number of carbonyl (C=O) groups is 1. The minimum Gasteiger partial charge on any atom is -0.457 e. The van der Waals surface area contributed by atoms with E-state index in [0.717, 1.165) is 27.8 Å². The molecule has 2 aromatic carbocycles. The van der Waals surface area contributed by atoms with Gasteiger partial charge in [-0.05, 0) is 42.8 Å². The standard InChI is InChI=1S/C18H16N2O3S/c21-17(20-22)11-8-14-12-24-18(19-14)13-6-9-16(10-7-13)23-15-4-2-1-3-5-15/h1-7,9-10,12,22H,8,11H2,(H,20,21). The second kappa shape index (κ2) is 7.72. The second-order valence-electron chi connectivity index (χ2n) is 5.12. The number of ether oxygens (including phenoxy) is 1. The average Bonchev–Trinajstić information content (AvgIpc) is 3.10. The van der Waals surface area contributed by atoms with Crippen LogP contribution in [0.3, 0.4) is 0 Å². The second-order valence-corrected chi connectivity index (χ2v) is 5.98. The van der Waals surface area contributed by atoms with Crippen molar-refractivity contribution in [1.29, 1.82) is 0 Å². The van der Waals surface area contributed by atoms with Crippen molar-refractivity contribution in [2.75, 3.05) is 0 Å². The van der Waals surface area contributed by atoms with Crippen LogP contribution in [0.4, 0.5) is 0 Å². The quantitative estimate of drug-likeness (QED) is 0.525. The smallest absolute Gasteiger partial charge is 0.243 e. The number of thiazole rings is 1. The number of amides is 1. The van der Waals surface area contributed by atoms with Crippen molar-refractivity contribution < 1.29 is 14.7 Å². The van der Waals surface area contributed by atoms with Gasteiger partial charge in [0.05, 0.1) is 5.69 Å². The first-order valence-electron chi connectivity index (χ1n) is 7.45. The largest absolute Gasteiger partial charge is 0.457 e.